The maximum absolute atomic E-state index is 11.8. The first kappa shape index (κ1) is 13.2. The van der Waals surface area contributed by atoms with Crippen LogP contribution in [0.15, 0.2) is 18.2 Å². The molecule has 0 radical (unpaired) electrons. The van der Waals surface area contributed by atoms with Crippen LogP contribution >= 0.6 is 0 Å². The van der Waals surface area contributed by atoms with Crippen LogP contribution in [0.25, 0.3) is 0 Å². The van der Waals surface area contributed by atoms with Gasteiger partial charge in [0, 0.05) is 0 Å². The average molecular weight is 293 g/mol. The highest BCUT2D eigenvalue weighted by Crippen LogP contribution is 2.32. The zero-order valence-electron chi connectivity index (χ0n) is 10.9. The van der Waals surface area contributed by atoms with Gasteiger partial charge >= 0.3 is 12.1 Å². The molecule has 0 aliphatic carbocycles. The van der Waals surface area contributed by atoms with Crippen molar-refractivity contribution in [2.24, 2.45) is 0 Å². The van der Waals surface area contributed by atoms with Crippen molar-refractivity contribution in [3.05, 3.63) is 23.8 Å². The highest BCUT2D eigenvalue weighted by Gasteiger charge is 2.29. The molecule has 0 bridgehead atoms. The van der Waals surface area contributed by atoms with Crippen molar-refractivity contribution in [2.75, 3.05) is 26.6 Å². The second kappa shape index (κ2) is 5.31. The summed E-state index contributed by atoms with van der Waals surface area (Å²) in [6.07, 6.45) is -0.723. The Morgan fingerprint density at radius 3 is 2.76 bits per heavy atom. The molecule has 3 rings (SSSR count). The number of imide groups is 1. The molecule has 110 valence electrons. The molecule has 0 atom stereocenters. The quantitative estimate of drug-likeness (QED) is 0.751. The van der Waals surface area contributed by atoms with Crippen LogP contribution in [0.4, 0.5) is 4.79 Å². The van der Waals surface area contributed by atoms with Gasteiger partial charge in [-0.2, -0.15) is 0 Å². The molecule has 21 heavy (non-hydrogen) atoms. The summed E-state index contributed by atoms with van der Waals surface area (Å²) in [6.45, 7) is -0.105. The number of cyclic esters (lactones) is 1. The molecular formula is C13H11NO7. The van der Waals surface area contributed by atoms with Crippen LogP contribution in [0, 0.1) is 0 Å². The van der Waals surface area contributed by atoms with Crippen LogP contribution in [0.3, 0.4) is 0 Å². The average Bonchev–Trinajstić information content (AvgIpc) is 3.11. The lowest BCUT2D eigenvalue weighted by Crippen LogP contribution is -2.35. The van der Waals surface area contributed by atoms with E-state index in [1.807, 2.05) is 0 Å². The number of ether oxygens (including phenoxy) is 4. The minimum absolute atomic E-state index is 0.101. The fourth-order valence-electron chi connectivity index (χ4n) is 1.93. The standard InChI is InChI=1S/C13H11NO7/c15-11(14-3-4-18-13(14)17)6-19-12(16)8-1-2-9-10(5-8)21-7-20-9/h1-2,5H,3-4,6-7H2. The van der Waals surface area contributed by atoms with Crippen molar-refractivity contribution in [1.82, 2.24) is 4.90 Å². The van der Waals surface area contributed by atoms with E-state index in [0.717, 1.165) is 4.90 Å². The molecule has 0 spiro atoms. The maximum atomic E-state index is 11.8. The normalized spacial score (nSPS) is 15.8. The Kier molecular flexibility index (Phi) is 3.35. The van der Waals surface area contributed by atoms with Gasteiger partial charge in [-0.1, -0.05) is 0 Å². The molecule has 2 aliphatic heterocycles. The Morgan fingerprint density at radius 1 is 1.19 bits per heavy atom. The highest BCUT2D eigenvalue weighted by atomic mass is 16.7. The van der Waals surface area contributed by atoms with E-state index in [2.05, 4.69) is 4.74 Å². The molecule has 8 heteroatoms. The summed E-state index contributed by atoms with van der Waals surface area (Å²) in [5.74, 6) is -0.317. The maximum Gasteiger partial charge on any atom is 0.416 e. The van der Waals surface area contributed by atoms with E-state index in [-0.39, 0.29) is 25.5 Å². The zero-order valence-corrected chi connectivity index (χ0v) is 10.9. The minimum Gasteiger partial charge on any atom is -0.454 e. The van der Waals surface area contributed by atoms with Crippen LogP contribution in [0.5, 0.6) is 11.5 Å². The molecule has 1 aromatic carbocycles. The molecule has 2 heterocycles. The first-order valence-electron chi connectivity index (χ1n) is 6.19. The Labute approximate surface area is 119 Å². The van der Waals surface area contributed by atoms with E-state index < -0.39 is 24.6 Å². The van der Waals surface area contributed by atoms with Crippen molar-refractivity contribution < 1.29 is 33.3 Å². The van der Waals surface area contributed by atoms with Gasteiger partial charge in [-0.05, 0) is 18.2 Å². The Balaban J connectivity index is 1.59. The van der Waals surface area contributed by atoms with E-state index in [4.69, 9.17) is 14.2 Å². The van der Waals surface area contributed by atoms with Crippen LogP contribution in [0.1, 0.15) is 10.4 Å². The van der Waals surface area contributed by atoms with Crippen LogP contribution in [-0.4, -0.2) is 49.4 Å². The molecule has 0 unspecified atom stereocenters. The Morgan fingerprint density at radius 2 is 2.00 bits per heavy atom. The molecule has 2 aliphatic rings. The van der Waals surface area contributed by atoms with Gasteiger partial charge in [0.05, 0.1) is 12.1 Å². The number of carbonyl (C=O) groups excluding carboxylic acids is 3. The SMILES string of the molecule is O=C(OCC(=O)N1CCOC1=O)c1ccc2c(c1)OCO2. The number of nitrogens with zero attached hydrogens (tertiary/aromatic N) is 1. The van der Waals surface area contributed by atoms with E-state index in [0.29, 0.717) is 11.5 Å². The predicted molar refractivity (Wildman–Crippen MR) is 65.9 cm³/mol. The van der Waals surface area contributed by atoms with Crippen LogP contribution in [-0.2, 0) is 14.3 Å². The van der Waals surface area contributed by atoms with Gasteiger partial charge in [-0.3, -0.25) is 4.79 Å². The van der Waals surface area contributed by atoms with Crippen LogP contribution < -0.4 is 9.47 Å². The lowest BCUT2D eigenvalue weighted by Gasteiger charge is -2.10. The summed E-state index contributed by atoms with van der Waals surface area (Å²) < 4.78 is 19.8. The number of esters is 1. The number of rotatable bonds is 3. The van der Waals surface area contributed by atoms with E-state index in [1.54, 1.807) is 6.07 Å². The van der Waals surface area contributed by atoms with E-state index in [1.165, 1.54) is 12.1 Å². The number of amides is 2. The summed E-state index contributed by atoms with van der Waals surface area (Å²) in [4.78, 5) is 35.6. The summed E-state index contributed by atoms with van der Waals surface area (Å²) in [7, 11) is 0. The number of benzene rings is 1. The fraction of sp³-hybridized carbons (Fsp3) is 0.308. The molecule has 0 N–H and O–H groups in total. The zero-order chi connectivity index (χ0) is 14.8. The number of carbonyl (C=O) groups is 3. The van der Waals surface area contributed by atoms with Gasteiger partial charge in [0.25, 0.3) is 5.91 Å². The summed E-state index contributed by atoms with van der Waals surface area (Å²) in [6, 6.07) is 4.56. The van der Waals surface area contributed by atoms with E-state index in [9.17, 15) is 14.4 Å². The van der Waals surface area contributed by atoms with E-state index >= 15 is 0 Å². The smallest absolute Gasteiger partial charge is 0.416 e. The second-order valence-corrected chi connectivity index (χ2v) is 4.30. The molecule has 1 fully saturated rings. The van der Waals surface area contributed by atoms with Gasteiger partial charge in [0.2, 0.25) is 6.79 Å². The highest BCUT2D eigenvalue weighted by molar-refractivity contribution is 5.96. The Bertz CT molecular complexity index is 613. The second-order valence-electron chi connectivity index (χ2n) is 4.30. The Hall–Kier alpha value is -2.77. The number of fused-ring (bicyclic) bond motifs is 1. The predicted octanol–water partition coefficient (Wildman–Crippen LogP) is 0.551. The molecule has 8 nitrogen and oxygen atoms in total. The number of hydrogen-bond donors (Lipinski definition) is 0. The van der Waals surface area contributed by atoms with Crippen molar-refractivity contribution in [1.29, 1.82) is 0 Å². The molecule has 1 aromatic rings. The molecule has 1 saturated heterocycles. The lowest BCUT2D eigenvalue weighted by atomic mass is 10.2. The topological polar surface area (TPSA) is 91.4 Å². The van der Waals surface area contributed by atoms with Gasteiger partial charge in [0.1, 0.15) is 6.61 Å². The first-order valence-corrected chi connectivity index (χ1v) is 6.19. The first-order chi connectivity index (χ1) is 10.1. The van der Waals surface area contributed by atoms with Gasteiger partial charge in [-0.15, -0.1) is 0 Å². The van der Waals surface area contributed by atoms with Crippen molar-refractivity contribution >= 4 is 18.0 Å². The largest absolute Gasteiger partial charge is 0.454 e. The molecular weight excluding hydrogens is 282 g/mol. The monoisotopic (exact) mass is 293 g/mol. The molecule has 2 amide bonds. The lowest BCUT2D eigenvalue weighted by molar-refractivity contribution is -0.131. The van der Waals surface area contributed by atoms with Crippen molar-refractivity contribution in [2.45, 2.75) is 0 Å². The van der Waals surface area contributed by atoms with Gasteiger partial charge in [-0.25, -0.2) is 14.5 Å². The van der Waals surface area contributed by atoms with Gasteiger partial charge in [0.15, 0.2) is 18.1 Å². The summed E-state index contributed by atoms with van der Waals surface area (Å²) in [5, 5.41) is 0. The fourth-order valence-corrected chi connectivity index (χ4v) is 1.93. The minimum atomic E-state index is -0.723. The number of hydrogen-bond acceptors (Lipinski definition) is 7. The third kappa shape index (κ3) is 2.60. The molecule has 0 aromatic heterocycles. The summed E-state index contributed by atoms with van der Waals surface area (Å²) in [5.41, 5.74) is 0.232. The van der Waals surface area contributed by atoms with Gasteiger partial charge < -0.3 is 18.9 Å². The third-order valence-corrected chi connectivity index (χ3v) is 3.00. The van der Waals surface area contributed by atoms with Crippen molar-refractivity contribution in [3.8, 4) is 11.5 Å². The summed E-state index contributed by atoms with van der Waals surface area (Å²) >= 11 is 0. The van der Waals surface area contributed by atoms with Crippen molar-refractivity contribution in [3.63, 3.8) is 0 Å². The van der Waals surface area contributed by atoms with Crippen LogP contribution in [0.2, 0.25) is 0 Å². The molecule has 0 saturated carbocycles. The third-order valence-electron chi connectivity index (χ3n) is 3.00.